The molecule has 2 nitrogen and oxygen atoms in total. The van der Waals surface area contributed by atoms with Crippen LogP contribution in [0.2, 0.25) is 0 Å². The maximum Gasteiger partial charge on any atom is 0.0938 e. The molecule has 0 saturated carbocycles. The average molecular weight is 421 g/mol. The molecule has 0 fully saturated rings. The summed E-state index contributed by atoms with van der Waals surface area (Å²) in [7, 11) is 0. The molecule has 0 aliphatic carbocycles. The number of likely N-dealkylation sites (N-methyl/N-ethyl adjacent to an activating group) is 1. The van der Waals surface area contributed by atoms with E-state index in [4.69, 9.17) is 4.98 Å². The van der Waals surface area contributed by atoms with E-state index in [9.17, 15) is 0 Å². The Hall–Kier alpha value is -1.97. The Kier molecular flexibility index (Phi) is 8.65. The highest BCUT2D eigenvalue weighted by atomic mass is 32.1. The summed E-state index contributed by atoms with van der Waals surface area (Å²) in [4.78, 5) is 7.37. The predicted octanol–water partition coefficient (Wildman–Crippen LogP) is 6.94. The van der Waals surface area contributed by atoms with Gasteiger partial charge in [-0.25, -0.2) is 4.98 Å². The zero-order chi connectivity index (χ0) is 21.3. The lowest BCUT2D eigenvalue weighted by molar-refractivity contribution is 0.320. The highest BCUT2D eigenvalue weighted by Crippen LogP contribution is 2.27. The number of thiazole rings is 1. The van der Waals surface area contributed by atoms with Crippen molar-refractivity contribution >= 4 is 21.6 Å². The Balaban J connectivity index is 1.67. The van der Waals surface area contributed by atoms with Gasteiger partial charge in [-0.1, -0.05) is 69.3 Å². The van der Waals surface area contributed by atoms with Crippen molar-refractivity contribution in [2.24, 2.45) is 5.92 Å². The van der Waals surface area contributed by atoms with Gasteiger partial charge in [-0.15, -0.1) is 11.3 Å². The second kappa shape index (κ2) is 11.4. The highest BCUT2D eigenvalue weighted by molar-refractivity contribution is 7.18. The molecule has 160 valence electrons. The van der Waals surface area contributed by atoms with Crippen molar-refractivity contribution < 1.29 is 0 Å². The Labute approximate surface area is 186 Å². The monoisotopic (exact) mass is 420 g/mol. The number of aromatic nitrogens is 1. The van der Waals surface area contributed by atoms with Gasteiger partial charge in [0.1, 0.15) is 0 Å². The molecule has 1 unspecified atom stereocenters. The van der Waals surface area contributed by atoms with E-state index in [-0.39, 0.29) is 0 Å². The molecule has 0 bridgehead atoms. The minimum absolute atomic E-state index is 0.605. The molecule has 2 aromatic carbocycles. The van der Waals surface area contributed by atoms with Gasteiger partial charge in [0.2, 0.25) is 0 Å². The first kappa shape index (κ1) is 22.7. The number of benzene rings is 2. The predicted molar refractivity (Wildman–Crippen MR) is 132 cm³/mol. The fourth-order valence-electron chi connectivity index (χ4n) is 4.13. The van der Waals surface area contributed by atoms with Crippen LogP contribution in [-0.4, -0.2) is 29.5 Å². The van der Waals surface area contributed by atoms with Gasteiger partial charge in [-0.3, -0.25) is 4.90 Å². The molecular formula is C27H36N2S. The minimum atomic E-state index is 0.605. The third kappa shape index (κ3) is 6.52. The molecule has 0 saturated heterocycles. The van der Waals surface area contributed by atoms with Gasteiger partial charge >= 0.3 is 0 Å². The van der Waals surface area contributed by atoms with Crippen LogP contribution >= 0.6 is 11.3 Å². The van der Waals surface area contributed by atoms with Gasteiger partial charge in [-0.05, 0) is 74.4 Å². The number of rotatable bonds is 12. The van der Waals surface area contributed by atoms with Gasteiger partial charge in [-0.2, -0.15) is 0 Å². The van der Waals surface area contributed by atoms with E-state index in [0.717, 1.165) is 57.3 Å². The number of hydrogen-bond donors (Lipinski definition) is 0. The van der Waals surface area contributed by atoms with Crippen molar-refractivity contribution in [1.29, 1.82) is 0 Å². The summed E-state index contributed by atoms with van der Waals surface area (Å²) < 4.78 is 1.33. The van der Waals surface area contributed by atoms with Crippen molar-refractivity contribution in [3.05, 3.63) is 76.8 Å². The average Bonchev–Trinajstić information content (AvgIpc) is 3.18. The molecule has 1 aromatic heterocycles. The summed E-state index contributed by atoms with van der Waals surface area (Å²) in [6.07, 6.45) is 5.50. The van der Waals surface area contributed by atoms with Crippen molar-refractivity contribution in [1.82, 2.24) is 9.88 Å². The molecule has 0 aliphatic heterocycles. The van der Waals surface area contributed by atoms with Crippen molar-refractivity contribution in [3.8, 4) is 0 Å². The minimum Gasteiger partial charge on any atom is -0.300 e. The molecule has 0 spiro atoms. The van der Waals surface area contributed by atoms with Crippen LogP contribution in [0.5, 0.6) is 0 Å². The second-order valence-electron chi connectivity index (χ2n) is 8.27. The van der Waals surface area contributed by atoms with Crippen molar-refractivity contribution in [3.63, 3.8) is 0 Å². The van der Waals surface area contributed by atoms with Crippen LogP contribution in [0, 0.1) is 5.92 Å². The molecule has 0 amide bonds. The standard InChI is InChI=1S/C27H36N2S/c1-5-22-13-15-25-26(19-22)30-27(28-25)16-14-24(18-23-11-9-8-10-12-23)17-21(4)20-29(6-2)7-3/h8-13,15,19,24H,4-7,14,16-18,20H2,1-3H3. The molecular weight excluding hydrogens is 384 g/mol. The van der Waals surface area contributed by atoms with Crippen LogP contribution in [0.3, 0.4) is 0 Å². The van der Waals surface area contributed by atoms with Gasteiger partial charge < -0.3 is 0 Å². The van der Waals surface area contributed by atoms with E-state index >= 15 is 0 Å². The summed E-state index contributed by atoms with van der Waals surface area (Å²) in [6.45, 7) is 14.3. The normalized spacial score (nSPS) is 12.5. The molecule has 3 aromatic rings. The third-order valence-electron chi connectivity index (χ3n) is 5.96. The van der Waals surface area contributed by atoms with Gasteiger partial charge in [0.25, 0.3) is 0 Å². The largest absolute Gasteiger partial charge is 0.300 e. The van der Waals surface area contributed by atoms with E-state index in [2.05, 4.69) is 80.8 Å². The van der Waals surface area contributed by atoms with Crippen LogP contribution < -0.4 is 0 Å². The summed E-state index contributed by atoms with van der Waals surface area (Å²) in [6, 6.07) is 17.6. The molecule has 0 N–H and O–H groups in total. The number of hydrogen-bond acceptors (Lipinski definition) is 3. The Morgan fingerprint density at radius 2 is 1.80 bits per heavy atom. The lowest BCUT2D eigenvalue weighted by atomic mass is 9.89. The SMILES string of the molecule is C=C(CC(CCc1nc2ccc(CC)cc2s1)Cc1ccccc1)CN(CC)CC. The molecule has 0 aliphatic rings. The summed E-state index contributed by atoms with van der Waals surface area (Å²) in [5, 5.41) is 1.27. The summed E-state index contributed by atoms with van der Waals surface area (Å²) in [5.74, 6) is 0.605. The maximum atomic E-state index is 4.91. The lowest BCUT2D eigenvalue weighted by Crippen LogP contribution is -2.26. The first-order valence-corrected chi connectivity index (χ1v) is 12.2. The first-order chi connectivity index (χ1) is 14.6. The maximum absolute atomic E-state index is 4.91. The Morgan fingerprint density at radius 1 is 1.03 bits per heavy atom. The van der Waals surface area contributed by atoms with Gasteiger partial charge in [0.05, 0.1) is 15.2 Å². The Morgan fingerprint density at radius 3 is 2.50 bits per heavy atom. The van der Waals surface area contributed by atoms with Gasteiger partial charge in [0, 0.05) is 6.54 Å². The summed E-state index contributed by atoms with van der Waals surface area (Å²) >= 11 is 1.87. The van der Waals surface area contributed by atoms with Crippen LogP contribution in [0.1, 0.15) is 49.7 Å². The van der Waals surface area contributed by atoms with E-state index in [0.29, 0.717) is 5.92 Å². The zero-order valence-corrected chi connectivity index (χ0v) is 19.7. The topological polar surface area (TPSA) is 16.1 Å². The van der Waals surface area contributed by atoms with E-state index in [1.807, 2.05) is 11.3 Å². The number of aryl methyl sites for hydroxylation is 2. The first-order valence-electron chi connectivity index (χ1n) is 11.4. The highest BCUT2D eigenvalue weighted by Gasteiger charge is 2.15. The smallest absolute Gasteiger partial charge is 0.0938 e. The zero-order valence-electron chi connectivity index (χ0n) is 18.9. The van der Waals surface area contributed by atoms with Crippen LogP contribution in [0.15, 0.2) is 60.7 Å². The van der Waals surface area contributed by atoms with E-state index in [1.165, 1.54) is 26.4 Å². The fourth-order valence-corrected chi connectivity index (χ4v) is 5.18. The van der Waals surface area contributed by atoms with Gasteiger partial charge in [0.15, 0.2) is 0 Å². The van der Waals surface area contributed by atoms with Crippen molar-refractivity contribution in [2.45, 2.75) is 52.9 Å². The number of nitrogens with zero attached hydrogens (tertiary/aromatic N) is 2. The quantitative estimate of drug-likeness (QED) is 0.295. The molecule has 0 radical (unpaired) electrons. The van der Waals surface area contributed by atoms with E-state index < -0.39 is 0 Å². The molecule has 1 heterocycles. The van der Waals surface area contributed by atoms with Crippen LogP contribution in [0.4, 0.5) is 0 Å². The summed E-state index contributed by atoms with van der Waals surface area (Å²) in [5.41, 5.74) is 5.33. The molecule has 1 atom stereocenters. The van der Waals surface area contributed by atoms with Crippen molar-refractivity contribution in [2.75, 3.05) is 19.6 Å². The number of fused-ring (bicyclic) bond motifs is 1. The fraction of sp³-hybridized carbons (Fsp3) is 0.444. The molecule has 3 heteroatoms. The van der Waals surface area contributed by atoms with Crippen LogP contribution in [-0.2, 0) is 19.3 Å². The molecule has 3 rings (SSSR count). The Bertz CT molecular complexity index is 924. The van der Waals surface area contributed by atoms with Crippen LogP contribution in [0.25, 0.3) is 10.2 Å². The lowest BCUT2D eigenvalue weighted by Gasteiger charge is -2.23. The van der Waals surface area contributed by atoms with E-state index in [1.54, 1.807) is 0 Å². The second-order valence-corrected chi connectivity index (χ2v) is 9.39. The molecule has 30 heavy (non-hydrogen) atoms. The third-order valence-corrected chi connectivity index (χ3v) is 7.04.